The molecule has 0 bridgehead atoms. The van der Waals surface area contributed by atoms with Crippen LogP contribution in [0.4, 0.5) is 0 Å². The van der Waals surface area contributed by atoms with Gasteiger partial charge in [-0.1, -0.05) is 12.1 Å². The van der Waals surface area contributed by atoms with E-state index in [2.05, 4.69) is 34.8 Å². The summed E-state index contributed by atoms with van der Waals surface area (Å²) in [6.07, 6.45) is 2.29. The van der Waals surface area contributed by atoms with Crippen LogP contribution >= 0.6 is 0 Å². The number of benzene rings is 1. The number of fused-ring (bicyclic) bond motifs is 1. The Morgan fingerprint density at radius 3 is 2.62 bits per heavy atom. The molecule has 1 heterocycles. The van der Waals surface area contributed by atoms with Crippen LogP contribution in [-0.2, 0) is 16.0 Å². The average molecular weight is 331 g/mol. The molecule has 2 aromatic rings. The van der Waals surface area contributed by atoms with Gasteiger partial charge in [-0.3, -0.25) is 9.59 Å². The number of unbranched alkanes of at least 4 members (excludes halogenated alkanes) is 1. The molecule has 0 unspecified atom stereocenters. The lowest BCUT2D eigenvalue weighted by Gasteiger charge is -2.13. The van der Waals surface area contributed by atoms with Crippen molar-refractivity contribution < 1.29 is 14.7 Å². The number of carboxylic acid groups (broad SMARTS) is 1. The molecule has 0 aliphatic carbocycles. The molecule has 2 N–H and O–H groups in total. The number of aromatic nitrogens is 2. The summed E-state index contributed by atoms with van der Waals surface area (Å²) in [5.41, 5.74) is 2.09. The minimum Gasteiger partial charge on any atom is -0.481 e. The quantitative estimate of drug-likeness (QED) is 0.692. The number of carboxylic acids is 1. The zero-order valence-electron chi connectivity index (χ0n) is 14.3. The molecule has 1 aromatic heterocycles. The Balaban J connectivity index is 1.86. The highest BCUT2D eigenvalue weighted by Gasteiger charge is 2.12. The molecule has 2 rings (SSSR count). The average Bonchev–Trinajstić information content (AvgIpc) is 2.89. The van der Waals surface area contributed by atoms with Crippen molar-refractivity contribution in [1.29, 1.82) is 0 Å². The summed E-state index contributed by atoms with van der Waals surface area (Å²) in [5.74, 6) is 0.118. The van der Waals surface area contributed by atoms with Crippen LogP contribution in [0.2, 0.25) is 0 Å². The first-order valence-corrected chi connectivity index (χ1v) is 8.43. The molecule has 1 aromatic carbocycles. The Bertz CT molecular complexity index is 707. The lowest BCUT2D eigenvalue weighted by atomic mass is 10.2. The lowest BCUT2D eigenvalue weighted by Crippen LogP contribution is -2.26. The molecule has 0 saturated carbocycles. The molecular formula is C18H25N3O3. The molecule has 24 heavy (non-hydrogen) atoms. The van der Waals surface area contributed by atoms with Gasteiger partial charge in [-0.25, -0.2) is 4.98 Å². The molecule has 1 amide bonds. The van der Waals surface area contributed by atoms with Gasteiger partial charge in [0.2, 0.25) is 5.91 Å². The van der Waals surface area contributed by atoms with E-state index in [4.69, 9.17) is 5.11 Å². The molecule has 130 valence electrons. The summed E-state index contributed by atoms with van der Waals surface area (Å²) in [5, 5.41) is 11.5. The highest BCUT2D eigenvalue weighted by molar-refractivity contribution is 5.77. The van der Waals surface area contributed by atoms with Gasteiger partial charge >= 0.3 is 5.97 Å². The van der Waals surface area contributed by atoms with Crippen LogP contribution in [-0.4, -0.2) is 33.1 Å². The van der Waals surface area contributed by atoms with E-state index in [-0.39, 0.29) is 12.3 Å². The van der Waals surface area contributed by atoms with Crippen molar-refractivity contribution in [2.75, 3.05) is 6.54 Å². The van der Waals surface area contributed by atoms with E-state index in [1.807, 2.05) is 18.2 Å². The van der Waals surface area contributed by atoms with Crippen LogP contribution in [0.1, 0.15) is 51.4 Å². The zero-order chi connectivity index (χ0) is 17.5. The van der Waals surface area contributed by atoms with Gasteiger partial charge in [-0.15, -0.1) is 0 Å². The second-order valence-corrected chi connectivity index (χ2v) is 6.18. The predicted octanol–water partition coefficient (Wildman–Crippen LogP) is 2.92. The number of para-hydroxylation sites is 2. The van der Waals surface area contributed by atoms with E-state index in [9.17, 15) is 9.59 Å². The van der Waals surface area contributed by atoms with Crippen LogP contribution < -0.4 is 5.32 Å². The number of nitrogens with zero attached hydrogens (tertiary/aromatic N) is 2. The molecule has 0 radical (unpaired) electrons. The fourth-order valence-corrected chi connectivity index (χ4v) is 2.81. The lowest BCUT2D eigenvalue weighted by molar-refractivity contribution is -0.137. The zero-order valence-corrected chi connectivity index (χ0v) is 14.3. The fourth-order valence-electron chi connectivity index (χ4n) is 2.81. The van der Waals surface area contributed by atoms with E-state index in [1.54, 1.807) is 0 Å². The minimum atomic E-state index is -0.817. The SMILES string of the molecule is CC(C)n1c(CCNC(=O)CCCCC(=O)O)nc2ccccc21. The maximum Gasteiger partial charge on any atom is 0.303 e. The third kappa shape index (κ3) is 4.81. The number of hydrogen-bond acceptors (Lipinski definition) is 3. The molecule has 0 aliphatic rings. The van der Waals surface area contributed by atoms with Crippen molar-refractivity contribution in [1.82, 2.24) is 14.9 Å². The highest BCUT2D eigenvalue weighted by atomic mass is 16.4. The normalized spacial score (nSPS) is 11.1. The second-order valence-electron chi connectivity index (χ2n) is 6.18. The predicted molar refractivity (Wildman–Crippen MR) is 92.9 cm³/mol. The summed E-state index contributed by atoms with van der Waals surface area (Å²) in [4.78, 5) is 26.9. The van der Waals surface area contributed by atoms with Crippen LogP contribution in [0.15, 0.2) is 24.3 Å². The molecule has 0 fully saturated rings. The van der Waals surface area contributed by atoms with Gasteiger partial charge in [0.15, 0.2) is 0 Å². The van der Waals surface area contributed by atoms with Crippen LogP contribution in [0, 0.1) is 0 Å². The van der Waals surface area contributed by atoms with Crippen LogP contribution in [0.5, 0.6) is 0 Å². The van der Waals surface area contributed by atoms with Crippen LogP contribution in [0.25, 0.3) is 11.0 Å². The van der Waals surface area contributed by atoms with Crippen molar-refractivity contribution >= 4 is 22.9 Å². The molecule has 6 nitrogen and oxygen atoms in total. The number of hydrogen-bond donors (Lipinski definition) is 2. The number of amides is 1. The smallest absolute Gasteiger partial charge is 0.303 e. The van der Waals surface area contributed by atoms with Crippen molar-refractivity contribution in [2.45, 2.75) is 52.0 Å². The third-order valence-electron chi connectivity index (χ3n) is 3.90. The van der Waals surface area contributed by atoms with Crippen molar-refractivity contribution in [3.8, 4) is 0 Å². The van der Waals surface area contributed by atoms with Gasteiger partial charge in [0.1, 0.15) is 5.82 Å². The van der Waals surface area contributed by atoms with Gasteiger partial charge < -0.3 is 15.0 Å². The number of carbonyl (C=O) groups excluding carboxylic acids is 1. The first-order chi connectivity index (χ1) is 11.5. The van der Waals surface area contributed by atoms with Gasteiger partial charge in [0, 0.05) is 31.8 Å². The van der Waals surface area contributed by atoms with Crippen molar-refractivity contribution in [3.05, 3.63) is 30.1 Å². The Hall–Kier alpha value is -2.37. The maximum atomic E-state index is 11.8. The number of imidazole rings is 1. The Morgan fingerprint density at radius 2 is 1.92 bits per heavy atom. The Labute approximate surface area is 141 Å². The van der Waals surface area contributed by atoms with E-state index in [0.717, 1.165) is 16.9 Å². The van der Waals surface area contributed by atoms with Gasteiger partial charge in [0.05, 0.1) is 11.0 Å². The number of aliphatic carboxylic acids is 1. The topological polar surface area (TPSA) is 84.2 Å². The molecule has 0 atom stereocenters. The monoisotopic (exact) mass is 331 g/mol. The highest BCUT2D eigenvalue weighted by Crippen LogP contribution is 2.20. The number of carbonyl (C=O) groups is 2. The van der Waals surface area contributed by atoms with Crippen LogP contribution in [0.3, 0.4) is 0 Å². The molecule has 0 spiro atoms. The maximum absolute atomic E-state index is 11.8. The molecule has 0 aliphatic heterocycles. The van der Waals surface area contributed by atoms with Crippen molar-refractivity contribution in [3.63, 3.8) is 0 Å². The first-order valence-electron chi connectivity index (χ1n) is 8.43. The largest absolute Gasteiger partial charge is 0.481 e. The number of rotatable bonds is 9. The van der Waals surface area contributed by atoms with Gasteiger partial charge in [-0.2, -0.15) is 0 Å². The standard InChI is InChI=1S/C18H25N3O3/c1-13(2)21-15-8-4-3-7-14(15)20-16(21)11-12-19-17(22)9-5-6-10-18(23)24/h3-4,7-8,13H,5-6,9-12H2,1-2H3,(H,19,22)(H,23,24). The summed E-state index contributed by atoms with van der Waals surface area (Å²) < 4.78 is 2.20. The third-order valence-corrected chi connectivity index (χ3v) is 3.90. The van der Waals surface area contributed by atoms with E-state index in [0.29, 0.717) is 38.3 Å². The van der Waals surface area contributed by atoms with Crippen molar-refractivity contribution in [2.24, 2.45) is 0 Å². The Kier molecular flexibility index (Phi) is 6.35. The van der Waals surface area contributed by atoms with E-state index >= 15 is 0 Å². The summed E-state index contributed by atoms with van der Waals surface area (Å²) >= 11 is 0. The first kappa shape index (κ1) is 18.0. The number of nitrogens with one attached hydrogen (secondary N) is 1. The van der Waals surface area contributed by atoms with E-state index < -0.39 is 5.97 Å². The fraction of sp³-hybridized carbons (Fsp3) is 0.500. The van der Waals surface area contributed by atoms with Gasteiger partial charge in [-0.05, 0) is 38.8 Å². The second kappa shape index (κ2) is 8.47. The molecule has 6 heteroatoms. The Morgan fingerprint density at radius 1 is 1.21 bits per heavy atom. The van der Waals surface area contributed by atoms with Gasteiger partial charge in [0.25, 0.3) is 0 Å². The summed E-state index contributed by atoms with van der Waals surface area (Å²) in [6.45, 7) is 4.78. The summed E-state index contributed by atoms with van der Waals surface area (Å²) in [6, 6.07) is 8.35. The molecular weight excluding hydrogens is 306 g/mol. The minimum absolute atomic E-state index is 0.0346. The molecule has 0 saturated heterocycles. The summed E-state index contributed by atoms with van der Waals surface area (Å²) in [7, 11) is 0. The van der Waals surface area contributed by atoms with E-state index in [1.165, 1.54) is 0 Å².